The first-order valence-corrected chi connectivity index (χ1v) is 11.4. The van der Waals surface area contributed by atoms with Gasteiger partial charge in [-0.1, -0.05) is 5.16 Å². The quantitative estimate of drug-likeness (QED) is 0.512. The van der Waals surface area contributed by atoms with E-state index < -0.39 is 52.7 Å². The minimum absolute atomic E-state index is 0.107. The summed E-state index contributed by atoms with van der Waals surface area (Å²) in [5.74, 6) is -2.86. The predicted molar refractivity (Wildman–Crippen MR) is 120 cm³/mol. The molecule has 1 aromatic heterocycles. The zero-order chi connectivity index (χ0) is 25.4. The van der Waals surface area contributed by atoms with Crippen LogP contribution in [0.1, 0.15) is 50.7 Å². The van der Waals surface area contributed by atoms with Crippen LogP contribution in [0.15, 0.2) is 10.6 Å². The van der Waals surface area contributed by atoms with Crippen LogP contribution in [0.4, 0.5) is 14.9 Å². The van der Waals surface area contributed by atoms with Crippen LogP contribution in [0, 0.1) is 11.2 Å². The van der Waals surface area contributed by atoms with Crippen LogP contribution >= 0.6 is 0 Å². The number of morpholine rings is 1. The Bertz CT molecular complexity index is 1280. The molecular formula is C23H26FN5O6. The molecule has 2 fully saturated rings. The molecule has 5 rings (SSSR count). The lowest BCUT2D eigenvalue weighted by Crippen LogP contribution is -2.75. The predicted octanol–water partition coefficient (Wildman–Crippen LogP) is 1.39. The van der Waals surface area contributed by atoms with Gasteiger partial charge in [0.2, 0.25) is 17.4 Å². The molecular weight excluding hydrogens is 461 g/mol. The molecule has 11 nitrogen and oxygen atoms in total. The van der Waals surface area contributed by atoms with Crippen molar-refractivity contribution in [2.45, 2.75) is 64.8 Å². The Morgan fingerprint density at radius 2 is 1.89 bits per heavy atom. The molecule has 2 saturated heterocycles. The van der Waals surface area contributed by atoms with E-state index in [1.165, 1.54) is 6.07 Å². The van der Waals surface area contributed by atoms with Crippen molar-refractivity contribution < 1.29 is 32.8 Å². The number of carbonyl (C=O) groups is 4. The van der Waals surface area contributed by atoms with E-state index in [-0.39, 0.29) is 41.4 Å². The molecule has 186 valence electrons. The number of aromatic nitrogens is 1. The smallest absolute Gasteiger partial charge is 0.328 e. The van der Waals surface area contributed by atoms with Gasteiger partial charge in [-0.05, 0) is 46.2 Å². The van der Waals surface area contributed by atoms with Gasteiger partial charge >= 0.3 is 6.03 Å². The van der Waals surface area contributed by atoms with Gasteiger partial charge in [0, 0.05) is 18.5 Å². The average molecular weight is 487 g/mol. The molecule has 3 aliphatic heterocycles. The number of urea groups is 1. The molecule has 35 heavy (non-hydrogen) atoms. The molecule has 3 aliphatic rings. The van der Waals surface area contributed by atoms with E-state index in [1.807, 2.05) is 0 Å². The summed E-state index contributed by atoms with van der Waals surface area (Å²) in [7, 11) is 0. The van der Waals surface area contributed by atoms with E-state index in [4.69, 9.17) is 9.26 Å². The number of fused-ring (bicyclic) bond motifs is 5. The first-order valence-electron chi connectivity index (χ1n) is 11.4. The average Bonchev–Trinajstić information content (AvgIpc) is 3.14. The van der Waals surface area contributed by atoms with Crippen molar-refractivity contribution in [3.05, 3.63) is 23.1 Å². The summed E-state index contributed by atoms with van der Waals surface area (Å²) in [5, 5.41) is 11.1. The van der Waals surface area contributed by atoms with Crippen LogP contribution in [0.5, 0.6) is 0 Å². The van der Waals surface area contributed by atoms with Gasteiger partial charge in [0.1, 0.15) is 0 Å². The zero-order valence-corrected chi connectivity index (χ0v) is 19.9. The number of barbiturate groups is 1. The van der Waals surface area contributed by atoms with Crippen molar-refractivity contribution in [1.29, 1.82) is 0 Å². The van der Waals surface area contributed by atoms with E-state index in [0.29, 0.717) is 5.56 Å². The largest absolute Gasteiger partial charge is 0.372 e. The second-order valence-corrected chi connectivity index (χ2v) is 10.4. The first-order chi connectivity index (χ1) is 16.3. The van der Waals surface area contributed by atoms with E-state index in [0.717, 1.165) is 0 Å². The maximum absolute atomic E-state index is 16.0. The van der Waals surface area contributed by atoms with Gasteiger partial charge in [-0.15, -0.1) is 0 Å². The third-order valence-electron chi connectivity index (χ3n) is 6.67. The van der Waals surface area contributed by atoms with Crippen LogP contribution in [0.2, 0.25) is 0 Å². The minimum Gasteiger partial charge on any atom is -0.372 e. The van der Waals surface area contributed by atoms with Gasteiger partial charge < -0.3 is 19.5 Å². The highest BCUT2D eigenvalue weighted by Gasteiger charge is 2.63. The molecule has 12 heteroatoms. The maximum Gasteiger partial charge on any atom is 0.328 e. The van der Waals surface area contributed by atoms with Gasteiger partial charge in [0.25, 0.3) is 5.91 Å². The Morgan fingerprint density at radius 1 is 1.23 bits per heavy atom. The SMILES string of the molecule is C[C@H]1CN2c3c(cc4c(C(=O)NC(C)(C)C)noc4c3F)CC3(C(=O)NC(=O)NC3=O)[C@@H]2[C@@H](C)O1. The molecule has 0 saturated carbocycles. The standard InChI is InChI=1S/C23H26FN5O6/c1-9-8-29-15-11(6-12-14(18(30)27-22(3,4)5)28-35-16(12)13(15)24)7-23(17(29)10(2)34-9)19(31)25-21(33)26-20(23)32/h6,9-10,17H,7-8H2,1-5H3,(H,27,30)(H2,25,26,31,32,33)/t9-,10+,17-/m0/s1. The molecule has 3 atom stereocenters. The third kappa shape index (κ3) is 3.38. The minimum atomic E-state index is -1.76. The number of hydrogen-bond acceptors (Lipinski definition) is 8. The number of nitrogens with zero attached hydrogens (tertiary/aromatic N) is 2. The van der Waals surface area contributed by atoms with Crippen LogP contribution in [-0.2, 0) is 20.7 Å². The number of amides is 5. The van der Waals surface area contributed by atoms with E-state index in [2.05, 4.69) is 21.1 Å². The summed E-state index contributed by atoms with van der Waals surface area (Å²) >= 11 is 0. The summed E-state index contributed by atoms with van der Waals surface area (Å²) < 4.78 is 27.2. The molecule has 1 aromatic carbocycles. The van der Waals surface area contributed by atoms with Crippen molar-refractivity contribution in [3.8, 4) is 0 Å². The van der Waals surface area contributed by atoms with Gasteiger partial charge in [0.15, 0.2) is 16.9 Å². The first kappa shape index (κ1) is 23.2. The monoisotopic (exact) mass is 487 g/mol. The Hall–Kier alpha value is -3.54. The van der Waals surface area contributed by atoms with Crippen LogP contribution in [0.3, 0.4) is 0 Å². The Balaban J connectivity index is 1.72. The van der Waals surface area contributed by atoms with Crippen molar-refractivity contribution in [3.63, 3.8) is 0 Å². The lowest BCUT2D eigenvalue weighted by molar-refractivity contribution is -0.153. The fourth-order valence-electron chi connectivity index (χ4n) is 5.51. The normalized spacial score (nSPS) is 25.7. The van der Waals surface area contributed by atoms with Crippen molar-refractivity contribution in [2.75, 3.05) is 11.4 Å². The van der Waals surface area contributed by atoms with E-state index >= 15 is 4.39 Å². The molecule has 5 amide bonds. The van der Waals surface area contributed by atoms with Crippen molar-refractivity contribution in [2.24, 2.45) is 5.41 Å². The number of ether oxygens (including phenoxy) is 1. The molecule has 0 radical (unpaired) electrons. The zero-order valence-electron chi connectivity index (χ0n) is 19.9. The van der Waals surface area contributed by atoms with E-state index in [9.17, 15) is 19.2 Å². The Morgan fingerprint density at radius 3 is 2.51 bits per heavy atom. The highest BCUT2D eigenvalue weighted by Crippen LogP contribution is 2.49. The van der Waals surface area contributed by atoms with Crippen LogP contribution in [0.25, 0.3) is 11.0 Å². The third-order valence-corrected chi connectivity index (χ3v) is 6.67. The Labute approximate surface area is 199 Å². The van der Waals surface area contributed by atoms with Gasteiger partial charge in [-0.25, -0.2) is 9.18 Å². The summed E-state index contributed by atoms with van der Waals surface area (Å²) in [6, 6.07) is -0.276. The van der Waals surface area contributed by atoms with Crippen LogP contribution in [-0.4, -0.2) is 59.2 Å². The summed E-state index contributed by atoms with van der Waals surface area (Å²) in [6.07, 6.45) is -1.19. The second-order valence-electron chi connectivity index (χ2n) is 10.4. The van der Waals surface area contributed by atoms with Crippen molar-refractivity contribution in [1.82, 2.24) is 21.1 Å². The van der Waals surface area contributed by atoms with Gasteiger partial charge in [-0.3, -0.25) is 25.0 Å². The maximum atomic E-state index is 16.0. The molecule has 0 bridgehead atoms. The molecule has 2 aromatic rings. The summed E-state index contributed by atoms with van der Waals surface area (Å²) in [5.41, 5.74) is -2.16. The molecule has 1 spiro atoms. The number of hydrogen-bond donors (Lipinski definition) is 3. The van der Waals surface area contributed by atoms with Crippen molar-refractivity contribution >= 4 is 40.4 Å². The highest BCUT2D eigenvalue weighted by atomic mass is 19.1. The second kappa shape index (κ2) is 7.48. The molecule has 3 N–H and O–H groups in total. The number of benzene rings is 1. The molecule has 0 unspecified atom stereocenters. The lowest BCUT2D eigenvalue weighted by atomic mass is 9.66. The number of nitrogens with one attached hydrogen (secondary N) is 3. The number of rotatable bonds is 1. The lowest BCUT2D eigenvalue weighted by Gasteiger charge is -2.55. The van der Waals surface area contributed by atoms with Gasteiger partial charge in [0.05, 0.1) is 29.3 Å². The topological polar surface area (TPSA) is 143 Å². The number of imide groups is 2. The molecule has 4 heterocycles. The number of halogens is 1. The fourth-order valence-corrected chi connectivity index (χ4v) is 5.51. The number of carbonyl (C=O) groups excluding carboxylic acids is 4. The number of anilines is 1. The van der Waals surface area contributed by atoms with E-state index in [1.54, 1.807) is 39.5 Å². The summed E-state index contributed by atoms with van der Waals surface area (Å²) in [4.78, 5) is 52.8. The highest BCUT2D eigenvalue weighted by molar-refractivity contribution is 6.20. The summed E-state index contributed by atoms with van der Waals surface area (Å²) in [6.45, 7) is 9.08. The molecule has 0 aliphatic carbocycles. The van der Waals surface area contributed by atoms with Gasteiger partial charge in [-0.2, -0.15) is 0 Å². The Kier molecular flexibility index (Phi) is 4.96. The van der Waals surface area contributed by atoms with Crippen LogP contribution < -0.4 is 20.9 Å². The fraction of sp³-hybridized carbons (Fsp3) is 0.522.